The minimum absolute atomic E-state index is 0.00153. The minimum Gasteiger partial charge on any atom is -0.337 e. The van der Waals surface area contributed by atoms with Crippen molar-refractivity contribution in [1.29, 1.82) is 0 Å². The monoisotopic (exact) mass is 509 g/mol. The molecule has 0 fully saturated rings. The van der Waals surface area contributed by atoms with E-state index < -0.39 is 27.4 Å². The number of rotatable bonds is 9. The number of benzene rings is 2. The third-order valence-corrected chi connectivity index (χ3v) is 5.28. The first-order valence-electron chi connectivity index (χ1n) is 10.1. The van der Waals surface area contributed by atoms with Crippen LogP contribution in [0.3, 0.4) is 0 Å². The molecule has 0 aliphatic rings. The molecule has 2 aromatic carbocycles. The Labute approximate surface area is 200 Å². The molecule has 0 spiro atoms. The SMILES string of the molecule is CC(C)CC(=O)c1cc(Nc2ncc(Cl)c(Nc3ccccc3NS(C)(=O)=O)n2)c(F)cc1F. The van der Waals surface area contributed by atoms with Gasteiger partial charge in [0.05, 0.1) is 35.1 Å². The van der Waals surface area contributed by atoms with Crippen molar-refractivity contribution >= 4 is 56.2 Å². The number of carbonyl (C=O) groups excluding carboxylic acids is 1. The summed E-state index contributed by atoms with van der Waals surface area (Å²) in [5.41, 5.74) is 0.174. The van der Waals surface area contributed by atoms with Crippen LogP contribution in [0.2, 0.25) is 5.02 Å². The Balaban J connectivity index is 1.91. The lowest BCUT2D eigenvalue weighted by Crippen LogP contribution is -2.11. The molecule has 1 heterocycles. The van der Waals surface area contributed by atoms with Crippen LogP contribution in [0, 0.1) is 17.6 Å². The van der Waals surface area contributed by atoms with Gasteiger partial charge in [-0.15, -0.1) is 0 Å². The van der Waals surface area contributed by atoms with Gasteiger partial charge < -0.3 is 10.6 Å². The average molecular weight is 510 g/mol. The number of anilines is 5. The second-order valence-corrected chi connectivity index (χ2v) is 10.0. The summed E-state index contributed by atoms with van der Waals surface area (Å²) in [6.45, 7) is 3.64. The summed E-state index contributed by atoms with van der Waals surface area (Å²) in [5.74, 6) is -2.34. The van der Waals surface area contributed by atoms with Gasteiger partial charge in [0.25, 0.3) is 0 Å². The topological polar surface area (TPSA) is 113 Å². The summed E-state index contributed by atoms with van der Waals surface area (Å²) >= 11 is 6.18. The van der Waals surface area contributed by atoms with Crippen molar-refractivity contribution in [3.8, 4) is 0 Å². The Morgan fingerprint density at radius 3 is 2.38 bits per heavy atom. The van der Waals surface area contributed by atoms with Gasteiger partial charge in [0.2, 0.25) is 16.0 Å². The summed E-state index contributed by atoms with van der Waals surface area (Å²) in [5, 5.41) is 5.64. The molecule has 0 amide bonds. The predicted molar refractivity (Wildman–Crippen MR) is 129 cm³/mol. The molecule has 0 saturated carbocycles. The largest absolute Gasteiger partial charge is 0.337 e. The second kappa shape index (κ2) is 10.3. The number of para-hydroxylation sites is 2. The molecule has 0 aliphatic heterocycles. The Bertz CT molecular complexity index is 1340. The van der Waals surface area contributed by atoms with E-state index >= 15 is 0 Å². The van der Waals surface area contributed by atoms with E-state index in [0.717, 1.165) is 12.3 Å². The van der Waals surface area contributed by atoms with Gasteiger partial charge in [-0.05, 0) is 24.1 Å². The molecule has 34 heavy (non-hydrogen) atoms. The van der Waals surface area contributed by atoms with Crippen molar-refractivity contribution < 1.29 is 22.0 Å². The number of aromatic nitrogens is 2. The number of Topliss-reactive ketones (excluding diaryl/α,β-unsaturated/α-hetero) is 1. The molecule has 0 atom stereocenters. The van der Waals surface area contributed by atoms with Gasteiger partial charge in [-0.25, -0.2) is 22.2 Å². The fourth-order valence-corrected chi connectivity index (χ4v) is 3.70. The number of carbonyl (C=O) groups is 1. The number of nitrogens with one attached hydrogen (secondary N) is 3. The van der Waals surface area contributed by atoms with E-state index in [0.29, 0.717) is 11.8 Å². The van der Waals surface area contributed by atoms with Gasteiger partial charge in [-0.3, -0.25) is 9.52 Å². The van der Waals surface area contributed by atoms with Crippen molar-refractivity contribution in [2.45, 2.75) is 20.3 Å². The highest BCUT2D eigenvalue weighted by Crippen LogP contribution is 2.30. The minimum atomic E-state index is -3.55. The molecule has 180 valence electrons. The number of nitrogens with zero attached hydrogens (tertiary/aromatic N) is 2. The van der Waals surface area contributed by atoms with Crippen molar-refractivity contribution in [2.75, 3.05) is 21.6 Å². The van der Waals surface area contributed by atoms with Crippen molar-refractivity contribution in [2.24, 2.45) is 5.92 Å². The van der Waals surface area contributed by atoms with E-state index in [2.05, 4.69) is 25.3 Å². The van der Waals surface area contributed by atoms with E-state index in [1.807, 2.05) is 13.8 Å². The van der Waals surface area contributed by atoms with Crippen LogP contribution in [-0.4, -0.2) is 30.4 Å². The lowest BCUT2D eigenvalue weighted by Gasteiger charge is -2.14. The fourth-order valence-electron chi connectivity index (χ4n) is 2.98. The standard InChI is InChI=1S/C22H22ClF2N5O3S/c1-12(2)8-20(31)13-9-19(16(25)10-15(13)24)28-22-26-11-14(23)21(29-22)27-17-6-4-5-7-18(17)30-34(3,32)33/h4-7,9-12,30H,8H2,1-3H3,(H2,26,27,28,29). The van der Waals surface area contributed by atoms with Gasteiger partial charge in [0.1, 0.15) is 16.7 Å². The zero-order chi connectivity index (χ0) is 25.0. The fraction of sp³-hybridized carbons (Fsp3) is 0.227. The van der Waals surface area contributed by atoms with Gasteiger partial charge >= 0.3 is 0 Å². The van der Waals surface area contributed by atoms with Gasteiger partial charge in [0.15, 0.2) is 11.6 Å². The first-order chi connectivity index (χ1) is 15.9. The smallest absolute Gasteiger partial charge is 0.229 e. The molecule has 0 bridgehead atoms. The van der Waals surface area contributed by atoms with Crippen LogP contribution in [0.4, 0.5) is 37.6 Å². The zero-order valence-electron chi connectivity index (χ0n) is 18.5. The second-order valence-electron chi connectivity index (χ2n) is 7.89. The molecule has 8 nitrogen and oxygen atoms in total. The summed E-state index contributed by atoms with van der Waals surface area (Å²) in [4.78, 5) is 20.5. The van der Waals surface area contributed by atoms with Gasteiger partial charge in [0, 0.05) is 12.5 Å². The van der Waals surface area contributed by atoms with Crippen molar-refractivity contribution in [1.82, 2.24) is 9.97 Å². The lowest BCUT2D eigenvalue weighted by atomic mass is 10.0. The lowest BCUT2D eigenvalue weighted by molar-refractivity contribution is 0.0964. The van der Waals surface area contributed by atoms with Crippen LogP contribution in [0.25, 0.3) is 0 Å². The Hall–Kier alpha value is -3.31. The predicted octanol–water partition coefficient (Wildman–Crippen LogP) is 5.50. The Morgan fingerprint density at radius 2 is 1.74 bits per heavy atom. The maximum absolute atomic E-state index is 14.4. The normalized spacial score (nSPS) is 11.4. The summed E-state index contributed by atoms with van der Waals surface area (Å²) in [7, 11) is -3.55. The van der Waals surface area contributed by atoms with E-state index in [-0.39, 0.29) is 46.1 Å². The maximum Gasteiger partial charge on any atom is 0.229 e. The Kier molecular flexibility index (Phi) is 7.68. The number of ketones is 1. The number of halogens is 3. The maximum atomic E-state index is 14.4. The first kappa shape index (κ1) is 25.3. The molecule has 3 N–H and O–H groups in total. The summed E-state index contributed by atoms with van der Waals surface area (Å²) < 4.78 is 54.2. The van der Waals surface area contributed by atoms with Gasteiger partial charge in [-0.2, -0.15) is 4.98 Å². The highest BCUT2D eigenvalue weighted by Gasteiger charge is 2.18. The summed E-state index contributed by atoms with van der Waals surface area (Å²) in [6.07, 6.45) is 2.37. The van der Waals surface area contributed by atoms with Crippen LogP contribution in [0.5, 0.6) is 0 Å². The molecule has 12 heteroatoms. The average Bonchev–Trinajstić information content (AvgIpc) is 2.72. The van der Waals surface area contributed by atoms with Gasteiger partial charge in [-0.1, -0.05) is 37.6 Å². The quantitative estimate of drug-likeness (QED) is 0.326. The van der Waals surface area contributed by atoms with Crippen LogP contribution in [0.1, 0.15) is 30.6 Å². The molecular formula is C22H22ClF2N5O3S. The van der Waals surface area contributed by atoms with Crippen LogP contribution in [0.15, 0.2) is 42.6 Å². The highest BCUT2D eigenvalue weighted by atomic mass is 35.5. The molecular weight excluding hydrogens is 488 g/mol. The Morgan fingerprint density at radius 1 is 1.06 bits per heavy atom. The van der Waals surface area contributed by atoms with Crippen LogP contribution < -0.4 is 15.4 Å². The highest BCUT2D eigenvalue weighted by molar-refractivity contribution is 7.92. The zero-order valence-corrected chi connectivity index (χ0v) is 20.1. The summed E-state index contributed by atoms with van der Waals surface area (Å²) in [6, 6.07) is 8.16. The van der Waals surface area contributed by atoms with Crippen molar-refractivity contribution in [3.63, 3.8) is 0 Å². The number of sulfonamides is 1. The number of hydrogen-bond donors (Lipinski definition) is 3. The van der Waals surface area contributed by atoms with E-state index in [4.69, 9.17) is 11.6 Å². The van der Waals surface area contributed by atoms with Crippen LogP contribution in [-0.2, 0) is 10.0 Å². The first-order valence-corrected chi connectivity index (χ1v) is 12.4. The third-order valence-electron chi connectivity index (χ3n) is 4.42. The molecule has 0 radical (unpaired) electrons. The van der Waals surface area contributed by atoms with E-state index in [9.17, 15) is 22.0 Å². The molecule has 1 aromatic heterocycles. The molecule has 0 aliphatic carbocycles. The van der Waals surface area contributed by atoms with Crippen LogP contribution >= 0.6 is 11.6 Å². The van der Waals surface area contributed by atoms with E-state index in [1.165, 1.54) is 6.20 Å². The molecule has 0 saturated heterocycles. The molecule has 3 rings (SSSR count). The molecule has 0 unspecified atom stereocenters. The van der Waals surface area contributed by atoms with Crippen molar-refractivity contribution in [3.05, 3.63) is 64.8 Å². The molecule has 3 aromatic rings. The number of hydrogen-bond acceptors (Lipinski definition) is 7. The third kappa shape index (κ3) is 6.61. The van der Waals surface area contributed by atoms with E-state index in [1.54, 1.807) is 24.3 Å².